The first-order chi connectivity index (χ1) is 12.4. The maximum Gasteiger partial charge on any atom is 0.315 e. The molecule has 4 atom stereocenters. The molecule has 0 spiro atoms. The van der Waals surface area contributed by atoms with Gasteiger partial charge in [-0.1, -0.05) is 29.8 Å². The average molecular weight is 357 g/mol. The van der Waals surface area contributed by atoms with E-state index in [0.29, 0.717) is 0 Å². The molecule has 4 nitrogen and oxygen atoms in total. The molecule has 4 aliphatic carbocycles. The molecule has 1 aromatic rings. The molecule has 0 aliphatic heterocycles. The zero-order valence-electron chi connectivity index (χ0n) is 16.5. The summed E-state index contributed by atoms with van der Waals surface area (Å²) in [6, 6.07) is 9.23. The minimum absolute atomic E-state index is 0.00399. The summed E-state index contributed by atoms with van der Waals surface area (Å²) in [5.41, 5.74) is 3.11. The Balaban J connectivity index is 1.51. The second-order valence-corrected chi connectivity index (χ2v) is 9.73. The Morgan fingerprint density at radius 1 is 1.12 bits per heavy atom. The van der Waals surface area contributed by atoms with Crippen LogP contribution < -0.4 is 15.5 Å². The lowest BCUT2D eigenvalue weighted by molar-refractivity contribution is -0.856. The van der Waals surface area contributed by atoms with Crippen LogP contribution in [0.15, 0.2) is 24.3 Å². The van der Waals surface area contributed by atoms with Gasteiger partial charge in [0.05, 0.1) is 27.2 Å². The van der Waals surface area contributed by atoms with E-state index in [0.717, 1.165) is 31.3 Å². The maximum absolute atomic E-state index is 12.6. The van der Waals surface area contributed by atoms with E-state index in [1.165, 1.54) is 48.1 Å². The molecule has 0 heterocycles. The molecule has 0 radical (unpaired) electrons. The van der Waals surface area contributed by atoms with Crippen molar-refractivity contribution in [2.45, 2.75) is 56.4 Å². The number of benzene rings is 1. The summed E-state index contributed by atoms with van der Waals surface area (Å²) in [5, 5.41) is 6.52. The molecule has 4 heteroatoms. The van der Waals surface area contributed by atoms with Crippen molar-refractivity contribution in [2.24, 2.45) is 11.8 Å². The van der Waals surface area contributed by atoms with Crippen molar-refractivity contribution in [1.29, 1.82) is 0 Å². The largest absolute Gasteiger partial charge is 0.338 e. The number of aryl methyl sites for hydroxylation is 1. The fourth-order valence-corrected chi connectivity index (χ4v) is 6.36. The zero-order chi connectivity index (χ0) is 18.4. The fourth-order valence-electron chi connectivity index (χ4n) is 6.36. The van der Waals surface area contributed by atoms with Crippen LogP contribution in [0.25, 0.3) is 0 Å². The van der Waals surface area contributed by atoms with E-state index in [1.807, 2.05) is 0 Å². The number of quaternary nitrogens is 1. The normalized spacial score (nSPS) is 34.9. The van der Waals surface area contributed by atoms with Gasteiger partial charge < -0.3 is 15.5 Å². The highest BCUT2D eigenvalue weighted by Gasteiger charge is 2.58. The number of carbonyl (C=O) groups excluding carboxylic acids is 1. The van der Waals surface area contributed by atoms with Gasteiger partial charge in [-0.05, 0) is 68.3 Å². The van der Waals surface area contributed by atoms with Crippen molar-refractivity contribution in [3.05, 3.63) is 35.4 Å². The molecule has 0 aromatic heterocycles. The Kier molecular flexibility index (Phi) is 4.50. The summed E-state index contributed by atoms with van der Waals surface area (Å²) in [4.78, 5) is 13.9. The summed E-state index contributed by atoms with van der Waals surface area (Å²) < 4.78 is 0. The quantitative estimate of drug-likeness (QED) is 0.743. The van der Waals surface area contributed by atoms with Crippen LogP contribution in [-0.2, 0) is 5.41 Å². The molecule has 142 valence electrons. The molecule has 5 rings (SSSR count). The smallest absolute Gasteiger partial charge is 0.315 e. The number of hydrogen-bond donors (Lipinski definition) is 3. The SMILES string of the molecule is Cc1ccc(C23C[C@@H]4C[C@@H](CC(NC(=O)NCC[NH+](C)C)(C4)C2)C3)cc1. The van der Waals surface area contributed by atoms with Crippen molar-refractivity contribution in [2.75, 3.05) is 27.2 Å². The molecular formula is C22H34N3O+. The lowest BCUT2D eigenvalue weighted by Crippen LogP contribution is -3.06. The number of carbonyl (C=O) groups is 1. The third-order valence-corrected chi connectivity index (χ3v) is 7.01. The first-order valence-corrected chi connectivity index (χ1v) is 10.3. The number of hydrogen-bond acceptors (Lipinski definition) is 1. The van der Waals surface area contributed by atoms with Gasteiger partial charge in [-0.25, -0.2) is 4.79 Å². The molecule has 4 aliphatic rings. The monoisotopic (exact) mass is 356 g/mol. The fraction of sp³-hybridized carbons (Fsp3) is 0.682. The average Bonchev–Trinajstić information content (AvgIpc) is 2.53. The van der Waals surface area contributed by atoms with E-state index >= 15 is 0 Å². The van der Waals surface area contributed by atoms with Crippen molar-refractivity contribution in [1.82, 2.24) is 10.6 Å². The topological polar surface area (TPSA) is 45.6 Å². The van der Waals surface area contributed by atoms with E-state index in [9.17, 15) is 4.79 Å². The van der Waals surface area contributed by atoms with Gasteiger partial charge in [0.15, 0.2) is 0 Å². The van der Waals surface area contributed by atoms with Gasteiger partial charge in [0.25, 0.3) is 0 Å². The number of nitrogens with one attached hydrogen (secondary N) is 3. The second kappa shape index (κ2) is 6.56. The lowest BCUT2D eigenvalue weighted by Gasteiger charge is -2.62. The number of amides is 2. The molecule has 1 aromatic carbocycles. The van der Waals surface area contributed by atoms with E-state index < -0.39 is 0 Å². The Bertz CT molecular complexity index is 652. The highest BCUT2D eigenvalue weighted by Crippen LogP contribution is 2.62. The van der Waals surface area contributed by atoms with Crippen molar-refractivity contribution in [3.63, 3.8) is 0 Å². The van der Waals surface area contributed by atoms with Crippen molar-refractivity contribution in [3.8, 4) is 0 Å². The molecule has 4 saturated carbocycles. The molecule has 3 N–H and O–H groups in total. The summed E-state index contributed by atoms with van der Waals surface area (Å²) in [6.07, 6.45) is 7.43. The summed E-state index contributed by atoms with van der Waals surface area (Å²) in [6.45, 7) is 3.85. The van der Waals surface area contributed by atoms with E-state index in [2.05, 4.69) is 55.9 Å². The molecule has 26 heavy (non-hydrogen) atoms. The van der Waals surface area contributed by atoms with Crippen LogP contribution in [0.4, 0.5) is 4.79 Å². The van der Waals surface area contributed by atoms with E-state index in [1.54, 1.807) is 0 Å². The summed E-state index contributed by atoms with van der Waals surface area (Å²) in [7, 11) is 4.23. The molecule has 4 fully saturated rings. The Labute approximate surface area is 157 Å². The van der Waals surface area contributed by atoms with Crippen molar-refractivity contribution < 1.29 is 9.69 Å². The zero-order valence-corrected chi connectivity index (χ0v) is 16.5. The van der Waals surface area contributed by atoms with E-state index in [-0.39, 0.29) is 17.0 Å². The van der Waals surface area contributed by atoms with Crippen LogP contribution in [0.5, 0.6) is 0 Å². The van der Waals surface area contributed by atoms with E-state index in [4.69, 9.17) is 0 Å². The van der Waals surface area contributed by atoms with Gasteiger partial charge in [-0.15, -0.1) is 0 Å². The third-order valence-electron chi connectivity index (χ3n) is 7.01. The third kappa shape index (κ3) is 3.36. The first-order valence-electron chi connectivity index (χ1n) is 10.3. The van der Waals surface area contributed by atoms with Crippen LogP contribution in [0.1, 0.15) is 49.7 Å². The van der Waals surface area contributed by atoms with Gasteiger partial charge in [0, 0.05) is 5.54 Å². The molecule has 2 unspecified atom stereocenters. The standard InChI is InChI=1S/C22H33N3O/c1-16-4-6-19(7-5-16)21-11-17-10-18(12-21)14-22(13-17,15-21)24-20(26)23-8-9-25(2)3/h4-7,17-18H,8-15H2,1-3H3,(H2,23,24,26)/p+1/t17-,18+,21?,22?. The predicted molar refractivity (Wildman–Crippen MR) is 104 cm³/mol. The van der Waals surface area contributed by atoms with Crippen LogP contribution in [0.3, 0.4) is 0 Å². The van der Waals surface area contributed by atoms with Crippen LogP contribution in [0, 0.1) is 18.8 Å². The van der Waals surface area contributed by atoms with Crippen LogP contribution >= 0.6 is 0 Å². The van der Waals surface area contributed by atoms with Crippen LogP contribution in [0.2, 0.25) is 0 Å². The molecule has 0 saturated heterocycles. The highest BCUT2D eigenvalue weighted by molar-refractivity contribution is 5.75. The molecular weight excluding hydrogens is 322 g/mol. The molecule has 2 amide bonds. The minimum atomic E-state index is 0.00399. The Morgan fingerprint density at radius 2 is 1.77 bits per heavy atom. The predicted octanol–water partition coefficient (Wildman–Crippen LogP) is 2.03. The maximum atomic E-state index is 12.6. The van der Waals surface area contributed by atoms with Gasteiger partial charge in [-0.3, -0.25) is 0 Å². The highest BCUT2D eigenvalue weighted by atomic mass is 16.2. The van der Waals surface area contributed by atoms with Crippen LogP contribution in [-0.4, -0.2) is 38.8 Å². The van der Waals surface area contributed by atoms with Gasteiger partial charge in [0.1, 0.15) is 0 Å². The Morgan fingerprint density at radius 3 is 2.38 bits per heavy atom. The van der Waals surface area contributed by atoms with Gasteiger partial charge in [0.2, 0.25) is 0 Å². The summed E-state index contributed by atoms with van der Waals surface area (Å²) >= 11 is 0. The number of urea groups is 1. The van der Waals surface area contributed by atoms with Crippen molar-refractivity contribution >= 4 is 6.03 Å². The molecule has 4 bridgehead atoms. The minimum Gasteiger partial charge on any atom is -0.338 e. The number of likely N-dealkylation sites (N-methyl/N-ethyl adjacent to an activating group) is 1. The number of rotatable bonds is 5. The Hall–Kier alpha value is -1.55. The van der Waals surface area contributed by atoms with Gasteiger partial charge in [-0.2, -0.15) is 0 Å². The second-order valence-electron chi connectivity index (χ2n) is 9.73. The summed E-state index contributed by atoms with van der Waals surface area (Å²) in [5.74, 6) is 1.54. The lowest BCUT2D eigenvalue weighted by atomic mass is 9.45. The first kappa shape index (κ1) is 17.8. The van der Waals surface area contributed by atoms with Gasteiger partial charge >= 0.3 is 6.03 Å².